The summed E-state index contributed by atoms with van der Waals surface area (Å²) in [4.78, 5) is 33.5. The Morgan fingerprint density at radius 1 is 1.25 bits per heavy atom. The van der Waals surface area contributed by atoms with Gasteiger partial charge in [-0.1, -0.05) is 6.07 Å². The molecule has 0 aromatic carbocycles. The van der Waals surface area contributed by atoms with Gasteiger partial charge >= 0.3 is 0 Å². The smallest absolute Gasteiger partial charge is 0.295 e. The van der Waals surface area contributed by atoms with Gasteiger partial charge in [0.15, 0.2) is 0 Å². The fourth-order valence-corrected chi connectivity index (χ4v) is 4.65. The first-order valence-electron chi connectivity index (χ1n) is 9.36. The van der Waals surface area contributed by atoms with Gasteiger partial charge < -0.3 is 19.9 Å². The molecule has 0 spiro atoms. The highest BCUT2D eigenvalue weighted by atomic mass is 32.1. The van der Waals surface area contributed by atoms with Crippen molar-refractivity contribution in [1.29, 1.82) is 0 Å². The van der Waals surface area contributed by atoms with E-state index in [-0.39, 0.29) is 11.3 Å². The molecule has 2 aromatic rings. The van der Waals surface area contributed by atoms with Crippen LogP contribution < -0.4 is 0 Å². The third kappa shape index (κ3) is 3.52. The number of nitrogens with one attached hydrogen (secondary N) is 1. The lowest BCUT2D eigenvalue weighted by Gasteiger charge is -2.24. The summed E-state index contributed by atoms with van der Waals surface area (Å²) in [7, 11) is 3.95. The summed E-state index contributed by atoms with van der Waals surface area (Å²) in [6.45, 7) is 6.97. The molecule has 2 N–H and O–H groups in total. The molecule has 0 bridgehead atoms. The molecule has 1 unspecified atom stereocenters. The van der Waals surface area contributed by atoms with Gasteiger partial charge in [0.1, 0.15) is 5.76 Å². The Labute approximate surface area is 169 Å². The standard InChI is InChI=1S/C21H27N3O3S/c1-12-13(2)22-14(3)16(12)19(25)17-18(15-8-6-11-28-15)24(21(27)20(17)26)10-7-9-23(4)5/h6,8,11,18,22,25H,7,9-10H2,1-5H3/b19-17+. The van der Waals surface area contributed by atoms with E-state index < -0.39 is 17.7 Å². The number of hydrogen-bond acceptors (Lipinski definition) is 5. The van der Waals surface area contributed by atoms with Gasteiger partial charge in [-0.2, -0.15) is 0 Å². The molecule has 1 aliphatic rings. The highest BCUT2D eigenvalue weighted by Crippen LogP contribution is 2.42. The fourth-order valence-electron chi connectivity index (χ4n) is 3.81. The highest BCUT2D eigenvalue weighted by Gasteiger charge is 2.46. The summed E-state index contributed by atoms with van der Waals surface area (Å²) in [5.41, 5.74) is 3.41. The number of Topliss-reactive ketones (excluding diaryl/α,β-unsaturated/α-hetero) is 1. The quantitative estimate of drug-likeness (QED) is 0.442. The van der Waals surface area contributed by atoms with Crippen LogP contribution in [0.25, 0.3) is 5.76 Å². The van der Waals surface area contributed by atoms with E-state index in [1.807, 2.05) is 57.3 Å². The normalized spacial score (nSPS) is 19.2. The van der Waals surface area contributed by atoms with Crippen LogP contribution in [0.3, 0.4) is 0 Å². The van der Waals surface area contributed by atoms with Crippen LogP contribution in [0.5, 0.6) is 0 Å². The van der Waals surface area contributed by atoms with E-state index in [1.165, 1.54) is 11.3 Å². The molecule has 3 rings (SSSR count). The second-order valence-corrected chi connectivity index (χ2v) is 8.52. The van der Waals surface area contributed by atoms with Crippen molar-refractivity contribution >= 4 is 28.8 Å². The Balaban J connectivity index is 2.10. The maximum Gasteiger partial charge on any atom is 0.295 e. The number of aliphatic hydroxyl groups is 1. The summed E-state index contributed by atoms with van der Waals surface area (Å²) in [6.07, 6.45) is 0.753. The van der Waals surface area contributed by atoms with Crippen LogP contribution in [0.1, 0.15) is 39.9 Å². The van der Waals surface area contributed by atoms with E-state index in [4.69, 9.17) is 0 Å². The summed E-state index contributed by atoms with van der Waals surface area (Å²) >= 11 is 1.49. The Morgan fingerprint density at radius 2 is 1.96 bits per heavy atom. The lowest BCUT2D eigenvalue weighted by Crippen LogP contribution is -2.32. The molecule has 0 aliphatic carbocycles. The van der Waals surface area contributed by atoms with Gasteiger partial charge in [-0.15, -0.1) is 11.3 Å². The number of thiophene rings is 1. The number of aromatic amines is 1. The Hall–Kier alpha value is -2.38. The van der Waals surface area contributed by atoms with Crippen LogP contribution in [0.4, 0.5) is 0 Å². The molecule has 1 fully saturated rings. The summed E-state index contributed by atoms with van der Waals surface area (Å²) in [5.74, 6) is -1.24. The molecule has 6 nitrogen and oxygen atoms in total. The lowest BCUT2D eigenvalue weighted by atomic mass is 9.98. The average Bonchev–Trinajstić information content (AvgIpc) is 3.29. The molecule has 1 amide bonds. The minimum atomic E-state index is -0.613. The van der Waals surface area contributed by atoms with Crippen LogP contribution in [0, 0.1) is 20.8 Å². The van der Waals surface area contributed by atoms with Crippen LogP contribution in [-0.4, -0.2) is 58.8 Å². The van der Waals surface area contributed by atoms with Gasteiger partial charge in [0.2, 0.25) is 0 Å². The third-order valence-corrected chi connectivity index (χ3v) is 6.21. The van der Waals surface area contributed by atoms with Crippen LogP contribution in [0.2, 0.25) is 0 Å². The SMILES string of the molecule is Cc1[nH]c(C)c(/C(O)=C2\C(=O)C(=O)N(CCCN(C)C)C2c2cccs2)c1C. The first-order valence-corrected chi connectivity index (χ1v) is 10.2. The first-order chi connectivity index (χ1) is 13.2. The van der Waals surface area contributed by atoms with Crippen molar-refractivity contribution in [2.75, 3.05) is 27.2 Å². The van der Waals surface area contributed by atoms with Gasteiger partial charge in [-0.05, 0) is 64.8 Å². The number of aliphatic hydroxyl groups excluding tert-OH is 1. The van der Waals surface area contributed by atoms with Crippen molar-refractivity contribution < 1.29 is 14.7 Å². The zero-order valence-corrected chi connectivity index (χ0v) is 17.8. The number of hydrogen-bond donors (Lipinski definition) is 2. The summed E-state index contributed by atoms with van der Waals surface area (Å²) in [6, 6.07) is 3.27. The Morgan fingerprint density at radius 3 is 2.50 bits per heavy atom. The number of amides is 1. The largest absolute Gasteiger partial charge is 0.507 e. The number of nitrogens with zero attached hydrogens (tertiary/aromatic N) is 2. The van der Waals surface area contributed by atoms with E-state index >= 15 is 0 Å². The predicted octanol–water partition coefficient (Wildman–Crippen LogP) is 3.37. The molecule has 3 heterocycles. The molecule has 1 aliphatic heterocycles. The van der Waals surface area contributed by atoms with Crippen molar-refractivity contribution in [2.45, 2.75) is 33.2 Å². The minimum absolute atomic E-state index is 0.0915. The second-order valence-electron chi connectivity index (χ2n) is 7.54. The number of H-pyrrole nitrogens is 1. The predicted molar refractivity (Wildman–Crippen MR) is 112 cm³/mol. The van der Waals surface area contributed by atoms with Crippen molar-refractivity contribution in [1.82, 2.24) is 14.8 Å². The Kier molecular flexibility index (Phi) is 5.76. The molecule has 7 heteroatoms. The van der Waals surface area contributed by atoms with Gasteiger partial charge in [-0.25, -0.2) is 0 Å². The number of likely N-dealkylation sites (tertiary alicyclic amines) is 1. The summed E-state index contributed by atoms with van der Waals surface area (Å²) in [5, 5.41) is 13.1. The van der Waals surface area contributed by atoms with Crippen molar-refractivity contribution in [3.05, 3.63) is 50.5 Å². The number of ketones is 1. The minimum Gasteiger partial charge on any atom is -0.507 e. The van der Waals surface area contributed by atoms with Crippen LogP contribution in [-0.2, 0) is 9.59 Å². The van der Waals surface area contributed by atoms with E-state index in [0.29, 0.717) is 12.1 Å². The number of carbonyl (C=O) groups excluding carboxylic acids is 2. The fraction of sp³-hybridized carbons (Fsp3) is 0.429. The number of carbonyl (C=O) groups is 2. The van der Waals surface area contributed by atoms with Gasteiger partial charge in [0.25, 0.3) is 11.7 Å². The summed E-state index contributed by atoms with van der Waals surface area (Å²) < 4.78 is 0. The van der Waals surface area contributed by atoms with Crippen LogP contribution >= 0.6 is 11.3 Å². The van der Waals surface area contributed by atoms with Crippen LogP contribution in [0.15, 0.2) is 23.1 Å². The van der Waals surface area contributed by atoms with Gasteiger partial charge in [0, 0.05) is 28.4 Å². The van der Waals surface area contributed by atoms with Crippen molar-refractivity contribution in [3.63, 3.8) is 0 Å². The monoisotopic (exact) mass is 401 g/mol. The molecule has 1 saturated heterocycles. The molecule has 0 radical (unpaired) electrons. The third-order valence-electron chi connectivity index (χ3n) is 5.28. The maximum absolute atomic E-state index is 12.9. The zero-order valence-electron chi connectivity index (χ0n) is 17.0. The van der Waals surface area contributed by atoms with Crippen molar-refractivity contribution in [3.8, 4) is 0 Å². The van der Waals surface area contributed by atoms with E-state index in [9.17, 15) is 14.7 Å². The number of aryl methyl sites for hydroxylation is 2. The zero-order chi connectivity index (χ0) is 20.6. The van der Waals surface area contributed by atoms with Gasteiger partial charge in [0.05, 0.1) is 11.6 Å². The maximum atomic E-state index is 12.9. The Bertz CT molecular complexity index is 925. The van der Waals surface area contributed by atoms with E-state index in [0.717, 1.165) is 34.8 Å². The highest BCUT2D eigenvalue weighted by molar-refractivity contribution is 7.10. The van der Waals surface area contributed by atoms with Crippen molar-refractivity contribution in [2.24, 2.45) is 0 Å². The number of rotatable bonds is 6. The molecular weight excluding hydrogens is 374 g/mol. The second kappa shape index (κ2) is 7.93. The molecule has 28 heavy (non-hydrogen) atoms. The molecule has 0 saturated carbocycles. The molecule has 2 aromatic heterocycles. The van der Waals surface area contributed by atoms with Gasteiger partial charge in [-0.3, -0.25) is 9.59 Å². The number of aromatic nitrogens is 1. The molecule has 1 atom stereocenters. The average molecular weight is 402 g/mol. The lowest BCUT2D eigenvalue weighted by molar-refractivity contribution is -0.139. The first kappa shape index (κ1) is 20.4. The molecule has 150 valence electrons. The van der Waals surface area contributed by atoms with E-state index in [2.05, 4.69) is 4.98 Å². The molecular formula is C21H27N3O3S. The van der Waals surface area contributed by atoms with E-state index in [1.54, 1.807) is 4.90 Å². The topological polar surface area (TPSA) is 76.6 Å².